The molecule has 0 aliphatic carbocycles. The van der Waals surface area contributed by atoms with Gasteiger partial charge in [0.05, 0.1) is 17.9 Å². The number of benzene rings is 1. The molecule has 1 fully saturated rings. The van der Waals surface area contributed by atoms with E-state index in [0.29, 0.717) is 21.8 Å². The zero-order valence-electron chi connectivity index (χ0n) is 15.8. The Balaban J connectivity index is 1.81. The normalized spacial score (nSPS) is 13.8. The lowest BCUT2D eigenvalue weighted by Gasteiger charge is -2.14. The van der Waals surface area contributed by atoms with Crippen LogP contribution in [0.1, 0.15) is 50.9 Å². The second kappa shape index (κ2) is 7.93. The van der Waals surface area contributed by atoms with Crippen molar-refractivity contribution in [1.82, 2.24) is 0 Å². The molecular weight excluding hydrogens is 380 g/mol. The van der Waals surface area contributed by atoms with Crippen LogP contribution in [0.25, 0.3) is 0 Å². The first-order valence-corrected chi connectivity index (χ1v) is 9.69. The number of carbonyl (C=O) groups is 4. The quantitative estimate of drug-likeness (QED) is 0.613. The lowest BCUT2D eigenvalue weighted by molar-refractivity contribution is -0.121. The third-order valence-electron chi connectivity index (χ3n) is 4.53. The summed E-state index contributed by atoms with van der Waals surface area (Å²) >= 11 is 1.31. The van der Waals surface area contributed by atoms with Gasteiger partial charge < -0.3 is 10.1 Å². The Bertz CT molecular complexity index is 946. The van der Waals surface area contributed by atoms with Crippen LogP contribution in [0.3, 0.4) is 0 Å². The van der Waals surface area contributed by atoms with Crippen LogP contribution in [0.4, 0.5) is 10.7 Å². The van der Waals surface area contributed by atoms with Crippen LogP contribution in [-0.4, -0.2) is 30.3 Å². The molecule has 0 unspecified atom stereocenters. The van der Waals surface area contributed by atoms with Crippen LogP contribution in [0.15, 0.2) is 24.3 Å². The highest BCUT2D eigenvalue weighted by Crippen LogP contribution is 2.33. The molecule has 0 saturated carbocycles. The molecule has 28 heavy (non-hydrogen) atoms. The van der Waals surface area contributed by atoms with Crippen LogP contribution in [0.5, 0.6) is 0 Å². The van der Waals surface area contributed by atoms with E-state index in [4.69, 9.17) is 4.74 Å². The average molecular weight is 400 g/mol. The molecule has 7 nitrogen and oxygen atoms in total. The summed E-state index contributed by atoms with van der Waals surface area (Å²) in [6.45, 7) is 5.65. The highest BCUT2D eigenvalue weighted by molar-refractivity contribution is 7.16. The highest BCUT2D eigenvalue weighted by Gasteiger charge is 2.30. The fraction of sp³-hybridized carbons (Fsp3) is 0.300. The largest absolute Gasteiger partial charge is 0.462 e. The molecule has 1 aliphatic rings. The molecule has 0 radical (unpaired) electrons. The van der Waals surface area contributed by atoms with Crippen molar-refractivity contribution in [3.63, 3.8) is 0 Å². The van der Waals surface area contributed by atoms with Gasteiger partial charge in [0.25, 0.3) is 5.91 Å². The summed E-state index contributed by atoms with van der Waals surface area (Å²) in [5.74, 6) is -1.35. The van der Waals surface area contributed by atoms with Gasteiger partial charge in [-0.25, -0.2) is 4.79 Å². The van der Waals surface area contributed by atoms with Crippen molar-refractivity contribution in [3.8, 4) is 0 Å². The molecule has 1 aromatic heterocycles. The fourth-order valence-corrected chi connectivity index (χ4v) is 4.01. The third kappa shape index (κ3) is 3.68. The number of nitrogens with one attached hydrogen (secondary N) is 1. The van der Waals surface area contributed by atoms with Crippen molar-refractivity contribution in [2.24, 2.45) is 0 Å². The number of ether oxygens (including phenoxy) is 1. The Kier molecular flexibility index (Phi) is 5.60. The van der Waals surface area contributed by atoms with E-state index in [0.717, 1.165) is 15.3 Å². The fourth-order valence-electron chi connectivity index (χ4n) is 2.97. The Hall–Kier alpha value is -3.00. The lowest BCUT2D eigenvalue weighted by Crippen LogP contribution is -2.28. The number of thiophene rings is 1. The summed E-state index contributed by atoms with van der Waals surface area (Å²) < 4.78 is 5.09. The van der Waals surface area contributed by atoms with Gasteiger partial charge in [-0.1, -0.05) is 0 Å². The molecule has 0 atom stereocenters. The van der Waals surface area contributed by atoms with E-state index in [-0.39, 0.29) is 31.3 Å². The van der Waals surface area contributed by atoms with E-state index in [1.807, 2.05) is 13.8 Å². The van der Waals surface area contributed by atoms with Crippen LogP contribution in [0.2, 0.25) is 0 Å². The second-order valence-electron chi connectivity index (χ2n) is 6.33. The lowest BCUT2D eigenvalue weighted by atomic mass is 10.1. The Morgan fingerprint density at radius 3 is 2.29 bits per heavy atom. The molecule has 1 saturated heterocycles. The number of imide groups is 1. The summed E-state index contributed by atoms with van der Waals surface area (Å²) in [6, 6.07) is 6.21. The number of anilines is 2. The molecular formula is C20H20N2O5S. The van der Waals surface area contributed by atoms with E-state index in [9.17, 15) is 19.2 Å². The summed E-state index contributed by atoms with van der Waals surface area (Å²) in [4.78, 5) is 50.5. The summed E-state index contributed by atoms with van der Waals surface area (Å²) in [6.07, 6.45) is 0.406. The Labute approximate surface area is 166 Å². The van der Waals surface area contributed by atoms with Crippen molar-refractivity contribution in [2.45, 2.75) is 33.6 Å². The number of amides is 3. The topological polar surface area (TPSA) is 92.8 Å². The van der Waals surface area contributed by atoms with Crippen molar-refractivity contribution in [1.29, 1.82) is 0 Å². The number of esters is 1. The van der Waals surface area contributed by atoms with Gasteiger partial charge in [0.15, 0.2) is 0 Å². The first-order chi connectivity index (χ1) is 13.3. The molecule has 8 heteroatoms. The zero-order valence-corrected chi connectivity index (χ0v) is 16.6. The predicted octanol–water partition coefficient (Wildman–Crippen LogP) is 3.45. The van der Waals surface area contributed by atoms with E-state index < -0.39 is 11.9 Å². The van der Waals surface area contributed by atoms with Gasteiger partial charge in [0, 0.05) is 23.3 Å². The number of rotatable bonds is 5. The SMILES string of the molecule is CCOC(=O)c1c(NC(=O)c2ccc(N3C(=O)CCC3=O)cc2)sc(C)c1C. The van der Waals surface area contributed by atoms with Gasteiger partial charge >= 0.3 is 5.97 Å². The van der Waals surface area contributed by atoms with Gasteiger partial charge in [-0.3, -0.25) is 19.3 Å². The molecule has 3 rings (SSSR count). The van der Waals surface area contributed by atoms with Crippen molar-refractivity contribution >= 4 is 45.7 Å². The van der Waals surface area contributed by atoms with E-state index in [1.54, 1.807) is 31.2 Å². The second-order valence-corrected chi connectivity index (χ2v) is 7.56. The maximum Gasteiger partial charge on any atom is 0.341 e. The predicted molar refractivity (Wildman–Crippen MR) is 106 cm³/mol. The number of hydrogen-bond acceptors (Lipinski definition) is 6. The molecule has 146 valence electrons. The zero-order chi connectivity index (χ0) is 20.4. The van der Waals surface area contributed by atoms with Gasteiger partial charge in [-0.05, 0) is 50.6 Å². The van der Waals surface area contributed by atoms with Crippen molar-refractivity contribution in [2.75, 3.05) is 16.8 Å². The van der Waals surface area contributed by atoms with Crippen molar-refractivity contribution < 1.29 is 23.9 Å². The standard InChI is InChI=1S/C20H20N2O5S/c1-4-27-20(26)17-11(2)12(3)28-19(17)21-18(25)13-5-7-14(8-6-13)22-15(23)9-10-16(22)24/h5-8H,4,9-10H2,1-3H3,(H,21,25). The number of hydrogen-bond donors (Lipinski definition) is 1. The minimum absolute atomic E-state index is 0.203. The molecule has 0 bridgehead atoms. The first kappa shape index (κ1) is 19.8. The summed E-state index contributed by atoms with van der Waals surface area (Å²) in [7, 11) is 0. The van der Waals surface area contributed by atoms with Crippen LogP contribution < -0.4 is 10.2 Å². The maximum atomic E-state index is 12.6. The van der Waals surface area contributed by atoms with Gasteiger partial charge in [0.1, 0.15) is 5.00 Å². The average Bonchev–Trinajstić information content (AvgIpc) is 3.14. The minimum Gasteiger partial charge on any atom is -0.462 e. The summed E-state index contributed by atoms with van der Waals surface area (Å²) in [5, 5.41) is 3.20. The number of aryl methyl sites for hydroxylation is 1. The van der Waals surface area contributed by atoms with Crippen molar-refractivity contribution in [3.05, 3.63) is 45.8 Å². The molecule has 2 heterocycles. The van der Waals surface area contributed by atoms with Crippen LogP contribution >= 0.6 is 11.3 Å². The van der Waals surface area contributed by atoms with Gasteiger partial charge in [-0.15, -0.1) is 11.3 Å². The van der Waals surface area contributed by atoms with E-state index in [1.165, 1.54) is 11.3 Å². The number of carbonyl (C=O) groups excluding carboxylic acids is 4. The summed E-state index contributed by atoms with van der Waals surface area (Å²) in [5.41, 5.74) is 1.93. The minimum atomic E-state index is -0.471. The molecule has 1 aromatic carbocycles. The smallest absolute Gasteiger partial charge is 0.341 e. The molecule has 1 N–H and O–H groups in total. The van der Waals surface area contributed by atoms with Gasteiger partial charge in [0.2, 0.25) is 11.8 Å². The third-order valence-corrected chi connectivity index (χ3v) is 5.65. The monoisotopic (exact) mass is 400 g/mol. The Morgan fingerprint density at radius 2 is 1.71 bits per heavy atom. The molecule has 0 spiro atoms. The first-order valence-electron chi connectivity index (χ1n) is 8.87. The Morgan fingerprint density at radius 1 is 1.11 bits per heavy atom. The van der Waals surface area contributed by atoms with E-state index in [2.05, 4.69) is 5.32 Å². The maximum absolute atomic E-state index is 12.6. The van der Waals surface area contributed by atoms with Gasteiger partial charge in [-0.2, -0.15) is 0 Å². The molecule has 2 aromatic rings. The number of nitrogens with zero attached hydrogens (tertiary/aromatic N) is 1. The molecule has 1 aliphatic heterocycles. The van der Waals surface area contributed by atoms with E-state index >= 15 is 0 Å². The van der Waals surface area contributed by atoms with Crippen LogP contribution in [-0.2, 0) is 14.3 Å². The highest BCUT2D eigenvalue weighted by atomic mass is 32.1. The molecule has 3 amide bonds. The van der Waals surface area contributed by atoms with Crippen LogP contribution in [0, 0.1) is 13.8 Å².